The number of methoxy groups -OCH3 is 1. The first kappa shape index (κ1) is 18.2. The summed E-state index contributed by atoms with van der Waals surface area (Å²) in [6.45, 7) is -0.105. The number of hydrogen-bond donors (Lipinski definition) is 0. The number of benzene rings is 1. The highest BCUT2D eigenvalue weighted by Gasteiger charge is 2.46. The van der Waals surface area contributed by atoms with Crippen molar-refractivity contribution in [2.45, 2.75) is 23.8 Å². The fraction of sp³-hybridized carbons (Fsp3) is 0.375. The number of carbonyl (C=O) groups is 2. The molecule has 1 saturated heterocycles. The maximum absolute atomic E-state index is 13.1. The van der Waals surface area contributed by atoms with Crippen molar-refractivity contribution in [2.75, 3.05) is 13.7 Å². The van der Waals surface area contributed by atoms with E-state index in [-0.39, 0.29) is 31.1 Å². The lowest BCUT2D eigenvalue weighted by Crippen LogP contribution is -2.51. The van der Waals surface area contributed by atoms with Gasteiger partial charge in [0.15, 0.2) is 10.7 Å². The smallest absolute Gasteiger partial charge is 0.324 e. The van der Waals surface area contributed by atoms with Crippen LogP contribution in [0.25, 0.3) is 0 Å². The van der Waals surface area contributed by atoms with E-state index in [4.69, 9.17) is 4.74 Å². The van der Waals surface area contributed by atoms with Gasteiger partial charge in [0, 0.05) is 24.9 Å². The number of carbonyl (C=O) groups excluding carboxylic acids is 2. The molecule has 1 aromatic rings. The average molecular weight is 380 g/mol. The van der Waals surface area contributed by atoms with Crippen LogP contribution in [0.1, 0.15) is 12.8 Å². The Kier molecular flexibility index (Phi) is 4.63. The molecule has 0 saturated carbocycles. The predicted molar refractivity (Wildman–Crippen MR) is 88.6 cm³/mol. The fourth-order valence-corrected chi connectivity index (χ4v) is 5.17. The van der Waals surface area contributed by atoms with Crippen LogP contribution in [0.3, 0.4) is 0 Å². The molecule has 0 radical (unpaired) electrons. The number of rotatable bonds is 4. The summed E-state index contributed by atoms with van der Waals surface area (Å²) in [4.78, 5) is 33.8. The number of hydrogen-bond acceptors (Lipinski definition) is 7. The summed E-state index contributed by atoms with van der Waals surface area (Å²) >= 11 is 0. The molecule has 2 aliphatic rings. The van der Waals surface area contributed by atoms with E-state index in [1.165, 1.54) is 18.2 Å². The highest BCUT2D eigenvalue weighted by Crippen LogP contribution is 2.38. The molecule has 3 rings (SSSR count). The van der Waals surface area contributed by atoms with Crippen LogP contribution >= 0.6 is 0 Å². The van der Waals surface area contributed by atoms with E-state index < -0.39 is 37.5 Å². The number of ketones is 1. The van der Waals surface area contributed by atoms with Gasteiger partial charge in [0.25, 0.3) is 15.7 Å². The van der Waals surface area contributed by atoms with Gasteiger partial charge in [-0.3, -0.25) is 19.7 Å². The molecule has 9 nitrogen and oxygen atoms in total. The van der Waals surface area contributed by atoms with Gasteiger partial charge >= 0.3 is 5.97 Å². The van der Waals surface area contributed by atoms with Crippen molar-refractivity contribution in [1.82, 2.24) is 4.31 Å². The van der Waals surface area contributed by atoms with E-state index in [1.54, 1.807) is 0 Å². The van der Waals surface area contributed by atoms with Gasteiger partial charge in [-0.05, 0) is 18.6 Å². The summed E-state index contributed by atoms with van der Waals surface area (Å²) < 4.78 is 31.9. The first-order valence-electron chi connectivity index (χ1n) is 7.82. The summed E-state index contributed by atoms with van der Waals surface area (Å²) in [6, 6.07) is 3.79. The first-order valence-corrected chi connectivity index (χ1v) is 9.26. The summed E-state index contributed by atoms with van der Waals surface area (Å²) in [7, 11) is -3.21. The molecular weight excluding hydrogens is 364 g/mol. The van der Waals surface area contributed by atoms with Crippen LogP contribution in [-0.2, 0) is 24.3 Å². The largest absolute Gasteiger partial charge is 0.468 e. The Hall–Kier alpha value is -2.59. The van der Waals surface area contributed by atoms with Crippen molar-refractivity contribution < 1.29 is 27.7 Å². The van der Waals surface area contributed by atoms with Crippen molar-refractivity contribution >= 4 is 27.5 Å². The molecule has 1 aliphatic carbocycles. The van der Waals surface area contributed by atoms with E-state index in [0.717, 1.165) is 23.5 Å². The van der Waals surface area contributed by atoms with Gasteiger partial charge in [-0.1, -0.05) is 17.7 Å². The Bertz CT molecular complexity index is 922. The molecule has 0 N–H and O–H groups in total. The summed E-state index contributed by atoms with van der Waals surface area (Å²) in [5.74, 6) is -1.23. The minimum Gasteiger partial charge on any atom is -0.468 e. The summed E-state index contributed by atoms with van der Waals surface area (Å²) in [5.41, 5.74) is 0.138. The quantitative estimate of drug-likeness (QED) is 0.434. The second-order valence-corrected chi connectivity index (χ2v) is 7.99. The molecule has 0 spiro atoms. The number of esters is 1. The van der Waals surface area contributed by atoms with Gasteiger partial charge in [0.1, 0.15) is 6.04 Å². The lowest BCUT2D eigenvalue weighted by Gasteiger charge is -2.36. The zero-order chi connectivity index (χ0) is 19.1. The van der Waals surface area contributed by atoms with Crippen LogP contribution in [0.15, 0.2) is 40.8 Å². The fourth-order valence-electron chi connectivity index (χ4n) is 3.39. The third-order valence-corrected chi connectivity index (χ3v) is 6.54. The second kappa shape index (κ2) is 6.61. The predicted octanol–water partition coefficient (Wildman–Crippen LogP) is 1.05. The summed E-state index contributed by atoms with van der Waals surface area (Å²) in [6.07, 6.45) is 1.63. The Morgan fingerprint density at radius 3 is 2.65 bits per heavy atom. The third-order valence-electron chi connectivity index (χ3n) is 4.62. The van der Waals surface area contributed by atoms with Crippen LogP contribution in [0.2, 0.25) is 0 Å². The molecule has 1 aromatic carbocycles. The van der Waals surface area contributed by atoms with E-state index in [0.29, 0.717) is 5.57 Å². The summed E-state index contributed by atoms with van der Waals surface area (Å²) in [5, 5.41) is 11.2. The van der Waals surface area contributed by atoms with Crippen LogP contribution in [0.4, 0.5) is 5.69 Å². The molecule has 0 unspecified atom stereocenters. The van der Waals surface area contributed by atoms with Crippen LogP contribution in [0.5, 0.6) is 0 Å². The molecule has 138 valence electrons. The lowest BCUT2D eigenvalue weighted by molar-refractivity contribution is -0.387. The number of nitro benzene ring substituents is 1. The zero-order valence-corrected chi connectivity index (χ0v) is 14.6. The van der Waals surface area contributed by atoms with Crippen molar-refractivity contribution in [3.8, 4) is 0 Å². The van der Waals surface area contributed by atoms with Crippen LogP contribution < -0.4 is 0 Å². The van der Waals surface area contributed by atoms with Crippen molar-refractivity contribution in [2.24, 2.45) is 5.92 Å². The Balaban J connectivity index is 2.07. The number of piperidine rings is 1. The molecule has 26 heavy (non-hydrogen) atoms. The number of allylic oxidation sites excluding steroid dienone is 1. The first-order chi connectivity index (χ1) is 12.3. The highest BCUT2D eigenvalue weighted by molar-refractivity contribution is 7.89. The second-order valence-electron chi connectivity index (χ2n) is 6.13. The van der Waals surface area contributed by atoms with Crippen molar-refractivity contribution in [3.05, 3.63) is 46.0 Å². The van der Waals surface area contributed by atoms with E-state index in [2.05, 4.69) is 0 Å². The number of sulfonamides is 1. The Morgan fingerprint density at radius 1 is 1.31 bits per heavy atom. The van der Waals surface area contributed by atoms with Gasteiger partial charge in [-0.15, -0.1) is 0 Å². The Labute approximate surface area is 149 Å². The van der Waals surface area contributed by atoms with Crippen LogP contribution in [0, 0.1) is 16.0 Å². The van der Waals surface area contributed by atoms with Crippen molar-refractivity contribution in [1.29, 1.82) is 0 Å². The maximum Gasteiger partial charge on any atom is 0.324 e. The minimum atomic E-state index is -4.35. The molecule has 1 heterocycles. The number of para-hydroxylation sites is 1. The van der Waals surface area contributed by atoms with Gasteiger partial charge in [-0.2, -0.15) is 4.31 Å². The average Bonchev–Trinajstić information content (AvgIpc) is 2.98. The highest BCUT2D eigenvalue weighted by atomic mass is 32.2. The normalized spacial score (nSPS) is 23.3. The number of ether oxygens (including phenoxy) is 1. The van der Waals surface area contributed by atoms with Crippen LogP contribution in [-0.4, -0.2) is 49.1 Å². The molecule has 1 aliphatic heterocycles. The number of fused-ring (bicyclic) bond motifs is 1. The van der Waals surface area contributed by atoms with E-state index in [9.17, 15) is 28.1 Å². The monoisotopic (exact) mass is 380 g/mol. The molecule has 0 amide bonds. The molecule has 1 fully saturated rings. The molecule has 0 bridgehead atoms. The standard InChI is InChI=1S/C16H16N2O7S/c1-25-16(20)14-8-10-6-12(19)7-11(10)9-17(14)26(23,24)15-5-3-2-4-13(15)18(21)22/h2-6,11,14H,7-9H2,1H3/t11-,14+/m1/s1. The van der Waals surface area contributed by atoms with E-state index in [1.807, 2.05) is 0 Å². The van der Waals surface area contributed by atoms with Gasteiger partial charge in [0.2, 0.25) is 0 Å². The molecule has 0 aromatic heterocycles. The zero-order valence-electron chi connectivity index (χ0n) is 13.8. The third kappa shape index (κ3) is 3.01. The molecular formula is C16H16N2O7S. The lowest BCUT2D eigenvalue weighted by atomic mass is 9.91. The number of nitro groups is 1. The molecule has 2 atom stereocenters. The number of nitrogens with zero attached hydrogens (tertiary/aromatic N) is 2. The SMILES string of the molecule is COC(=O)[C@@H]1CC2=CC(=O)C[C@@H]2CN1S(=O)(=O)c1ccccc1[N+](=O)[O-]. The maximum atomic E-state index is 13.1. The van der Waals surface area contributed by atoms with Gasteiger partial charge in [-0.25, -0.2) is 8.42 Å². The van der Waals surface area contributed by atoms with Crippen molar-refractivity contribution in [3.63, 3.8) is 0 Å². The Morgan fingerprint density at radius 2 is 2.00 bits per heavy atom. The van der Waals surface area contributed by atoms with Gasteiger partial charge < -0.3 is 4.74 Å². The molecule has 10 heteroatoms. The van der Waals surface area contributed by atoms with Gasteiger partial charge in [0.05, 0.1) is 12.0 Å². The topological polar surface area (TPSA) is 124 Å². The minimum absolute atomic E-state index is 0.0307. The van der Waals surface area contributed by atoms with E-state index >= 15 is 0 Å².